The van der Waals surface area contributed by atoms with Gasteiger partial charge in [-0.05, 0) is 13.1 Å². The summed E-state index contributed by atoms with van der Waals surface area (Å²) in [7, 11) is 0. The fraction of sp³-hybridized carbons (Fsp3) is 0.636. The Balaban J connectivity index is 2.61. The van der Waals surface area contributed by atoms with Crippen LogP contribution in [0.3, 0.4) is 0 Å². The van der Waals surface area contributed by atoms with Crippen molar-refractivity contribution in [1.82, 2.24) is 14.9 Å². The Kier molecular flexibility index (Phi) is 5.14. The van der Waals surface area contributed by atoms with Crippen LogP contribution in [-0.4, -0.2) is 34.5 Å². The maximum absolute atomic E-state index is 11.5. The average Bonchev–Trinajstić information content (AvgIpc) is 2.30. The van der Waals surface area contributed by atoms with Crippen molar-refractivity contribution < 1.29 is 0 Å². The Morgan fingerprint density at radius 3 is 2.62 bits per heavy atom. The van der Waals surface area contributed by atoms with Crippen LogP contribution < -0.4 is 11.3 Å². The number of aromatic amines is 1. The monoisotopic (exact) mass is 224 g/mol. The molecule has 0 aliphatic carbocycles. The van der Waals surface area contributed by atoms with Gasteiger partial charge in [-0.3, -0.25) is 4.79 Å². The lowest BCUT2D eigenvalue weighted by atomic mass is 10.3. The predicted octanol–water partition coefficient (Wildman–Crippen LogP) is 0.113. The van der Waals surface area contributed by atoms with E-state index in [2.05, 4.69) is 28.7 Å². The fourth-order valence-electron chi connectivity index (χ4n) is 1.53. The molecule has 0 bridgehead atoms. The summed E-state index contributed by atoms with van der Waals surface area (Å²) in [6.07, 6.45) is 2.33. The number of nitrogens with two attached hydrogens (primary N) is 1. The number of hydrogen-bond donors (Lipinski definition) is 2. The van der Waals surface area contributed by atoms with Crippen molar-refractivity contribution in [2.75, 3.05) is 19.6 Å². The molecule has 3 N–H and O–H groups in total. The van der Waals surface area contributed by atoms with Gasteiger partial charge in [-0.15, -0.1) is 0 Å². The van der Waals surface area contributed by atoms with E-state index in [9.17, 15) is 4.79 Å². The first-order valence-corrected chi connectivity index (χ1v) is 5.70. The van der Waals surface area contributed by atoms with Gasteiger partial charge in [0.25, 0.3) is 5.56 Å². The minimum atomic E-state index is -0.118. The summed E-state index contributed by atoms with van der Waals surface area (Å²) in [5, 5.41) is 0. The molecule has 90 valence electrons. The highest BCUT2D eigenvalue weighted by Crippen LogP contribution is 1.94. The first-order chi connectivity index (χ1) is 7.71. The van der Waals surface area contributed by atoms with Crippen molar-refractivity contribution >= 4 is 0 Å². The molecule has 0 saturated heterocycles. The molecule has 1 aromatic heterocycles. The standard InChI is InChI=1S/C11H20N4O/c1-3-15(4-2)6-5-10-13-8-9(7-12)11(16)14-10/h8H,3-7,12H2,1-2H3,(H,13,14,16). The minimum absolute atomic E-state index is 0.118. The minimum Gasteiger partial charge on any atom is -0.326 e. The molecule has 5 nitrogen and oxygen atoms in total. The van der Waals surface area contributed by atoms with Gasteiger partial charge >= 0.3 is 0 Å². The Hall–Kier alpha value is -1.20. The summed E-state index contributed by atoms with van der Waals surface area (Å²) in [6.45, 7) is 7.42. The van der Waals surface area contributed by atoms with E-state index in [0.29, 0.717) is 5.56 Å². The molecule has 1 aromatic rings. The predicted molar refractivity (Wildman–Crippen MR) is 64.2 cm³/mol. The molecule has 5 heteroatoms. The maximum atomic E-state index is 11.5. The number of hydrogen-bond acceptors (Lipinski definition) is 4. The molecule has 0 aliphatic rings. The van der Waals surface area contributed by atoms with Crippen LogP contribution in [0.25, 0.3) is 0 Å². The third kappa shape index (κ3) is 3.43. The van der Waals surface area contributed by atoms with Gasteiger partial charge in [0.1, 0.15) is 5.82 Å². The van der Waals surface area contributed by atoms with Gasteiger partial charge in [0, 0.05) is 31.3 Å². The molecular formula is C11H20N4O. The van der Waals surface area contributed by atoms with Gasteiger partial charge in [-0.25, -0.2) is 4.98 Å². The zero-order valence-corrected chi connectivity index (χ0v) is 9.99. The van der Waals surface area contributed by atoms with Crippen molar-refractivity contribution in [2.24, 2.45) is 5.73 Å². The SMILES string of the molecule is CCN(CC)CCc1ncc(CN)c(=O)[nH]1. The van der Waals surface area contributed by atoms with Gasteiger partial charge < -0.3 is 15.6 Å². The van der Waals surface area contributed by atoms with Crippen LogP contribution in [0, 0.1) is 0 Å². The second kappa shape index (κ2) is 6.40. The Labute approximate surface area is 95.7 Å². The lowest BCUT2D eigenvalue weighted by Crippen LogP contribution is -2.27. The summed E-state index contributed by atoms with van der Waals surface area (Å²) < 4.78 is 0. The second-order valence-electron chi connectivity index (χ2n) is 3.67. The topological polar surface area (TPSA) is 75.0 Å². The highest BCUT2D eigenvalue weighted by atomic mass is 16.1. The average molecular weight is 224 g/mol. The molecule has 0 radical (unpaired) electrons. The van der Waals surface area contributed by atoms with Crippen LogP contribution in [0.2, 0.25) is 0 Å². The molecule has 0 fully saturated rings. The second-order valence-corrected chi connectivity index (χ2v) is 3.67. The largest absolute Gasteiger partial charge is 0.326 e. The van der Waals surface area contributed by atoms with Gasteiger partial charge in [-0.2, -0.15) is 0 Å². The van der Waals surface area contributed by atoms with Crippen LogP contribution in [-0.2, 0) is 13.0 Å². The molecule has 0 aromatic carbocycles. The normalized spacial score (nSPS) is 11.0. The molecule has 1 rings (SSSR count). The van der Waals surface area contributed by atoms with E-state index in [0.717, 1.165) is 31.9 Å². The summed E-state index contributed by atoms with van der Waals surface area (Å²) in [6, 6.07) is 0. The molecule has 0 aliphatic heterocycles. The number of H-pyrrole nitrogens is 1. The fourth-order valence-corrected chi connectivity index (χ4v) is 1.53. The number of nitrogens with one attached hydrogen (secondary N) is 1. The van der Waals surface area contributed by atoms with Crippen molar-refractivity contribution in [3.05, 3.63) is 27.9 Å². The number of aromatic nitrogens is 2. The van der Waals surface area contributed by atoms with E-state index in [1.165, 1.54) is 0 Å². The molecule has 0 amide bonds. The Morgan fingerprint density at radius 2 is 2.12 bits per heavy atom. The van der Waals surface area contributed by atoms with Gasteiger partial charge in [0.2, 0.25) is 0 Å². The lowest BCUT2D eigenvalue weighted by Gasteiger charge is -2.17. The van der Waals surface area contributed by atoms with E-state index in [4.69, 9.17) is 5.73 Å². The van der Waals surface area contributed by atoms with E-state index < -0.39 is 0 Å². The molecule has 16 heavy (non-hydrogen) atoms. The van der Waals surface area contributed by atoms with Crippen molar-refractivity contribution in [3.63, 3.8) is 0 Å². The van der Waals surface area contributed by atoms with Crippen molar-refractivity contribution in [3.8, 4) is 0 Å². The third-order valence-corrected chi connectivity index (χ3v) is 2.70. The highest BCUT2D eigenvalue weighted by molar-refractivity contribution is 5.05. The van der Waals surface area contributed by atoms with Gasteiger partial charge in [0.15, 0.2) is 0 Å². The molecule has 0 unspecified atom stereocenters. The summed E-state index contributed by atoms with van der Waals surface area (Å²) in [4.78, 5) is 20.7. The molecule has 0 saturated carbocycles. The highest BCUT2D eigenvalue weighted by Gasteiger charge is 2.03. The lowest BCUT2D eigenvalue weighted by molar-refractivity contribution is 0.305. The molecular weight excluding hydrogens is 204 g/mol. The van der Waals surface area contributed by atoms with Crippen LogP contribution in [0.15, 0.2) is 11.0 Å². The van der Waals surface area contributed by atoms with Crippen LogP contribution in [0.4, 0.5) is 0 Å². The van der Waals surface area contributed by atoms with E-state index >= 15 is 0 Å². The molecule has 0 spiro atoms. The number of nitrogens with zero attached hydrogens (tertiary/aromatic N) is 2. The summed E-state index contributed by atoms with van der Waals surface area (Å²) in [5.74, 6) is 0.731. The quantitative estimate of drug-likeness (QED) is 0.719. The smallest absolute Gasteiger partial charge is 0.255 e. The summed E-state index contributed by atoms with van der Waals surface area (Å²) >= 11 is 0. The molecule has 1 heterocycles. The van der Waals surface area contributed by atoms with E-state index in [1.54, 1.807) is 6.20 Å². The first kappa shape index (κ1) is 12.9. The molecule has 0 atom stereocenters. The number of rotatable bonds is 6. The number of likely N-dealkylation sites (N-methyl/N-ethyl adjacent to an activating group) is 1. The third-order valence-electron chi connectivity index (χ3n) is 2.70. The Bertz CT molecular complexity index is 370. The van der Waals surface area contributed by atoms with Crippen LogP contribution in [0.1, 0.15) is 25.2 Å². The summed E-state index contributed by atoms with van der Waals surface area (Å²) in [5.41, 5.74) is 5.81. The van der Waals surface area contributed by atoms with Gasteiger partial charge in [-0.1, -0.05) is 13.8 Å². The van der Waals surface area contributed by atoms with Crippen LogP contribution >= 0.6 is 0 Å². The van der Waals surface area contributed by atoms with E-state index in [1.807, 2.05) is 0 Å². The van der Waals surface area contributed by atoms with Crippen molar-refractivity contribution in [2.45, 2.75) is 26.8 Å². The zero-order chi connectivity index (χ0) is 12.0. The van der Waals surface area contributed by atoms with E-state index in [-0.39, 0.29) is 12.1 Å². The van der Waals surface area contributed by atoms with Crippen molar-refractivity contribution in [1.29, 1.82) is 0 Å². The Morgan fingerprint density at radius 1 is 1.44 bits per heavy atom. The van der Waals surface area contributed by atoms with Gasteiger partial charge in [0.05, 0.1) is 0 Å². The van der Waals surface area contributed by atoms with Crippen LogP contribution in [0.5, 0.6) is 0 Å². The maximum Gasteiger partial charge on any atom is 0.255 e. The zero-order valence-electron chi connectivity index (χ0n) is 9.99. The first-order valence-electron chi connectivity index (χ1n) is 5.70.